The Morgan fingerprint density at radius 3 is 2.83 bits per heavy atom. The molecule has 0 atom stereocenters. The molecule has 0 bridgehead atoms. The second kappa shape index (κ2) is 3.28. The van der Waals surface area contributed by atoms with Crippen molar-refractivity contribution in [3.63, 3.8) is 0 Å². The van der Waals surface area contributed by atoms with Crippen LogP contribution < -0.4 is 0 Å². The van der Waals surface area contributed by atoms with E-state index in [1.807, 2.05) is 0 Å². The van der Waals surface area contributed by atoms with Gasteiger partial charge in [-0.3, -0.25) is 10.1 Å². The van der Waals surface area contributed by atoms with Gasteiger partial charge < -0.3 is 0 Å². The molecule has 0 radical (unpaired) electrons. The Kier molecular flexibility index (Phi) is 2.35. The van der Waals surface area contributed by atoms with Gasteiger partial charge in [-0.05, 0) is 22.0 Å². The average molecular weight is 228 g/mol. The highest BCUT2D eigenvalue weighted by atomic mass is 79.9. The summed E-state index contributed by atoms with van der Waals surface area (Å²) in [5.74, 6) is 0. The van der Waals surface area contributed by atoms with E-state index in [9.17, 15) is 10.1 Å². The van der Waals surface area contributed by atoms with Gasteiger partial charge in [0.15, 0.2) is 0 Å². The Bertz CT molecular complexity index is 372. The highest BCUT2D eigenvalue weighted by Crippen LogP contribution is 2.17. The average Bonchev–Trinajstić information content (AvgIpc) is 2.03. The van der Waals surface area contributed by atoms with E-state index >= 15 is 0 Å². The van der Waals surface area contributed by atoms with E-state index in [4.69, 9.17) is 5.26 Å². The standard InChI is InChI=1S/C6H2BrN3O2/c7-6-2-1-5(10(11)12)4(3-8)9-6/h1-2H. The molecule has 0 aromatic carbocycles. The molecule has 1 aromatic heterocycles. The lowest BCUT2D eigenvalue weighted by molar-refractivity contribution is -0.385. The minimum atomic E-state index is -0.641. The Labute approximate surface area is 75.9 Å². The van der Waals surface area contributed by atoms with Crippen LogP contribution in [0.25, 0.3) is 0 Å². The zero-order valence-electron chi connectivity index (χ0n) is 5.69. The maximum absolute atomic E-state index is 10.3. The fourth-order valence-electron chi connectivity index (χ4n) is 0.658. The number of nitriles is 1. The summed E-state index contributed by atoms with van der Waals surface area (Å²) in [4.78, 5) is 13.3. The molecule has 0 saturated heterocycles. The summed E-state index contributed by atoms with van der Waals surface area (Å²) in [6.45, 7) is 0. The fourth-order valence-corrected chi connectivity index (χ4v) is 0.967. The zero-order chi connectivity index (χ0) is 9.14. The Morgan fingerprint density at radius 1 is 1.67 bits per heavy atom. The third-order valence-corrected chi connectivity index (χ3v) is 1.58. The van der Waals surface area contributed by atoms with E-state index in [2.05, 4.69) is 20.9 Å². The summed E-state index contributed by atoms with van der Waals surface area (Å²) < 4.78 is 0.407. The van der Waals surface area contributed by atoms with Crippen molar-refractivity contribution in [2.75, 3.05) is 0 Å². The van der Waals surface area contributed by atoms with Crippen LogP contribution in [0.1, 0.15) is 5.69 Å². The van der Waals surface area contributed by atoms with Crippen molar-refractivity contribution < 1.29 is 4.92 Å². The van der Waals surface area contributed by atoms with E-state index in [1.165, 1.54) is 12.1 Å². The molecule has 0 fully saturated rings. The third kappa shape index (κ3) is 1.57. The van der Waals surface area contributed by atoms with Crippen LogP contribution >= 0.6 is 15.9 Å². The van der Waals surface area contributed by atoms with Crippen molar-refractivity contribution in [1.29, 1.82) is 5.26 Å². The molecule has 0 N–H and O–H groups in total. The fraction of sp³-hybridized carbons (Fsp3) is 0. The predicted molar refractivity (Wildman–Crippen MR) is 43.3 cm³/mol. The number of nitrogens with zero attached hydrogens (tertiary/aromatic N) is 3. The van der Waals surface area contributed by atoms with Crippen molar-refractivity contribution in [1.82, 2.24) is 4.98 Å². The molecule has 1 rings (SSSR count). The van der Waals surface area contributed by atoms with Crippen molar-refractivity contribution in [2.24, 2.45) is 0 Å². The number of hydrogen-bond donors (Lipinski definition) is 0. The second-order valence-corrected chi connectivity index (χ2v) is 2.68. The highest BCUT2D eigenvalue weighted by Gasteiger charge is 2.14. The van der Waals surface area contributed by atoms with Crippen LogP contribution in [0.5, 0.6) is 0 Å². The quantitative estimate of drug-likeness (QED) is 0.415. The smallest absolute Gasteiger partial charge is 0.258 e. The first-order valence-corrected chi connectivity index (χ1v) is 3.65. The zero-order valence-corrected chi connectivity index (χ0v) is 7.28. The SMILES string of the molecule is N#Cc1nc(Br)ccc1[N+](=O)[O-]. The van der Waals surface area contributed by atoms with E-state index in [-0.39, 0.29) is 11.4 Å². The van der Waals surface area contributed by atoms with E-state index < -0.39 is 4.92 Å². The van der Waals surface area contributed by atoms with Crippen LogP contribution in [0.4, 0.5) is 5.69 Å². The number of aromatic nitrogens is 1. The second-order valence-electron chi connectivity index (χ2n) is 1.87. The molecule has 0 unspecified atom stereocenters. The van der Waals surface area contributed by atoms with E-state index in [0.717, 1.165) is 0 Å². The van der Waals surface area contributed by atoms with Gasteiger partial charge in [0, 0.05) is 6.07 Å². The Morgan fingerprint density at radius 2 is 2.33 bits per heavy atom. The van der Waals surface area contributed by atoms with Crippen molar-refractivity contribution >= 4 is 21.6 Å². The molecular weight excluding hydrogens is 226 g/mol. The van der Waals surface area contributed by atoms with Crippen LogP contribution in [-0.4, -0.2) is 9.91 Å². The van der Waals surface area contributed by atoms with Gasteiger partial charge in [-0.1, -0.05) is 0 Å². The number of rotatable bonds is 1. The summed E-state index contributed by atoms with van der Waals surface area (Å²) >= 11 is 3.00. The van der Waals surface area contributed by atoms with Gasteiger partial charge in [-0.2, -0.15) is 5.26 Å². The molecule has 6 heteroatoms. The molecule has 1 aromatic rings. The number of halogens is 1. The Hall–Kier alpha value is -1.48. The molecule has 0 spiro atoms. The molecule has 5 nitrogen and oxygen atoms in total. The predicted octanol–water partition coefficient (Wildman–Crippen LogP) is 1.62. The maximum atomic E-state index is 10.3. The summed E-state index contributed by atoms with van der Waals surface area (Å²) in [6, 6.07) is 4.28. The van der Waals surface area contributed by atoms with Gasteiger partial charge in [0.1, 0.15) is 10.7 Å². The van der Waals surface area contributed by atoms with Gasteiger partial charge in [-0.25, -0.2) is 4.98 Å². The monoisotopic (exact) mass is 227 g/mol. The van der Waals surface area contributed by atoms with Crippen LogP contribution in [0.2, 0.25) is 0 Å². The van der Waals surface area contributed by atoms with E-state index in [1.54, 1.807) is 6.07 Å². The molecule has 0 aliphatic carbocycles. The minimum absolute atomic E-state index is 0.186. The largest absolute Gasteiger partial charge is 0.305 e. The van der Waals surface area contributed by atoms with Gasteiger partial charge in [0.25, 0.3) is 0 Å². The third-order valence-electron chi connectivity index (χ3n) is 1.14. The minimum Gasteiger partial charge on any atom is -0.258 e. The van der Waals surface area contributed by atoms with Crippen molar-refractivity contribution in [3.05, 3.63) is 32.5 Å². The summed E-state index contributed by atoms with van der Waals surface area (Å²) in [7, 11) is 0. The molecule has 0 aliphatic heterocycles. The molecule has 0 aliphatic rings. The number of pyridine rings is 1. The van der Waals surface area contributed by atoms with Crippen molar-refractivity contribution in [3.8, 4) is 6.07 Å². The maximum Gasteiger partial charge on any atom is 0.305 e. The molecule has 0 saturated carbocycles. The Balaban J connectivity index is 3.32. The lowest BCUT2D eigenvalue weighted by atomic mass is 10.3. The summed E-state index contributed by atoms with van der Waals surface area (Å²) in [5.41, 5.74) is -0.463. The van der Waals surface area contributed by atoms with Crippen LogP contribution in [0.3, 0.4) is 0 Å². The summed E-state index contributed by atoms with van der Waals surface area (Å²) in [5, 5.41) is 18.7. The van der Waals surface area contributed by atoms with Crippen LogP contribution in [0, 0.1) is 21.4 Å². The first-order valence-electron chi connectivity index (χ1n) is 2.86. The normalized spacial score (nSPS) is 9.00. The molecule has 0 amide bonds. The first-order chi connectivity index (χ1) is 5.65. The molecular formula is C6H2BrN3O2. The lowest BCUT2D eigenvalue weighted by Gasteiger charge is -1.92. The number of hydrogen-bond acceptors (Lipinski definition) is 4. The molecule has 1 heterocycles. The van der Waals surface area contributed by atoms with Crippen LogP contribution in [0.15, 0.2) is 16.7 Å². The molecule has 12 heavy (non-hydrogen) atoms. The van der Waals surface area contributed by atoms with Crippen LogP contribution in [-0.2, 0) is 0 Å². The van der Waals surface area contributed by atoms with Gasteiger partial charge in [0.2, 0.25) is 5.69 Å². The van der Waals surface area contributed by atoms with Crippen molar-refractivity contribution in [2.45, 2.75) is 0 Å². The van der Waals surface area contributed by atoms with E-state index in [0.29, 0.717) is 4.60 Å². The lowest BCUT2D eigenvalue weighted by Crippen LogP contribution is -1.94. The number of nitro groups is 1. The summed E-state index contributed by atoms with van der Waals surface area (Å²) in [6.07, 6.45) is 0. The van der Waals surface area contributed by atoms with Gasteiger partial charge in [0.05, 0.1) is 4.92 Å². The first kappa shape index (κ1) is 8.62. The highest BCUT2D eigenvalue weighted by molar-refractivity contribution is 9.10. The topological polar surface area (TPSA) is 79.8 Å². The van der Waals surface area contributed by atoms with Gasteiger partial charge >= 0.3 is 5.69 Å². The van der Waals surface area contributed by atoms with Gasteiger partial charge in [-0.15, -0.1) is 0 Å². The molecule has 60 valence electrons.